The van der Waals surface area contributed by atoms with E-state index in [4.69, 9.17) is 5.73 Å². The van der Waals surface area contributed by atoms with E-state index >= 15 is 0 Å². The van der Waals surface area contributed by atoms with Gasteiger partial charge in [-0.05, 0) is 18.8 Å². The van der Waals surface area contributed by atoms with Crippen LogP contribution in [0.4, 0.5) is 4.79 Å². The number of nitrogens with zero attached hydrogens (tertiary/aromatic N) is 1. The number of nitrogens with two attached hydrogens (primary N) is 1. The van der Waals surface area contributed by atoms with Gasteiger partial charge in [0, 0.05) is 13.1 Å². The Bertz CT molecular complexity index is 128. The Hall–Kier alpha value is -0.730. The third-order valence-corrected chi connectivity index (χ3v) is 2.10. The summed E-state index contributed by atoms with van der Waals surface area (Å²) in [5, 5.41) is 0. The molecule has 0 unspecified atom stereocenters. The van der Waals surface area contributed by atoms with Crippen LogP contribution in [0.25, 0.3) is 0 Å². The van der Waals surface area contributed by atoms with Gasteiger partial charge in [-0.2, -0.15) is 0 Å². The van der Waals surface area contributed by atoms with E-state index in [0.29, 0.717) is 0 Å². The normalized spacial score (nSPS) is 19.2. The van der Waals surface area contributed by atoms with Crippen LogP contribution in [0.3, 0.4) is 0 Å². The highest BCUT2D eigenvalue weighted by atomic mass is 16.2. The molecule has 2 N–H and O–H groups in total. The number of piperidine rings is 1. The molecule has 1 aliphatic rings. The van der Waals surface area contributed by atoms with Gasteiger partial charge in [-0.3, -0.25) is 0 Å². The Kier molecular flexibility index (Phi) is 3.93. The second kappa shape index (κ2) is 4.21. The Balaban J connectivity index is 0.000001000. The third-order valence-electron chi connectivity index (χ3n) is 2.10. The largest absolute Gasteiger partial charge is 0.351 e. The monoisotopic (exact) mass is 158 g/mol. The Morgan fingerprint density at radius 2 is 1.91 bits per heavy atom. The molecule has 11 heavy (non-hydrogen) atoms. The molecule has 0 bridgehead atoms. The van der Waals surface area contributed by atoms with Gasteiger partial charge in [-0.15, -0.1) is 0 Å². The van der Waals surface area contributed by atoms with Crippen molar-refractivity contribution in [3.05, 3.63) is 0 Å². The lowest BCUT2D eigenvalue weighted by atomic mass is 10.00. The summed E-state index contributed by atoms with van der Waals surface area (Å²) in [5.41, 5.74) is 5.10. The van der Waals surface area contributed by atoms with Crippen LogP contribution < -0.4 is 5.73 Å². The van der Waals surface area contributed by atoms with Crippen LogP contribution in [0.15, 0.2) is 0 Å². The first-order valence-corrected chi connectivity index (χ1v) is 3.74. The maximum absolute atomic E-state index is 10.6. The zero-order chi connectivity index (χ0) is 7.56. The molecule has 1 rings (SSSR count). The first kappa shape index (κ1) is 10.3. The van der Waals surface area contributed by atoms with Gasteiger partial charge in [-0.25, -0.2) is 4.79 Å². The van der Waals surface area contributed by atoms with E-state index in [9.17, 15) is 4.79 Å². The van der Waals surface area contributed by atoms with E-state index in [2.05, 4.69) is 6.92 Å². The number of hydrogen-bond donors (Lipinski definition) is 1. The van der Waals surface area contributed by atoms with Crippen molar-refractivity contribution in [1.29, 1.82) is 0 Å². The van der Waals surface area contributed by atoms with Crippen molar-refractivity contribution >= 4 is 6.03 Å². The number of amides is 2. The number of likely N-dealkylation sites (tertiary alicyclic amines) is 1. The smallest absolute Gasteiger partial charge is 0.314 e. The van der Waals surface area contributed by atoms with Gasteiger partial charge in [0.1, 0.15) is 0 Å². The molecule has 0 atom stereocenters. The molecular weight excluding hydrogens is 140 g/mol. The minimum Gasteiger partial charge on any atom is -0.351 e. The summed E-state index contributed by atoms with van der Waals surface area (Å²) < 4.78 is 0. The van der Waals surface area contributed by atoms with E-state index in [-0.39, 0.29) is 13.5 Å². The van der Waals surface area contributed by atoms with E-state index in [0.717, 1.165) is 31.8 Å². The molecule has 3 heteroatoms. The molecule has 1 heterocycles. The van der Waals surface area contributed by atoms with Gasteiger partial charge in [0.2, 0.25) is 0 Å². The standard InChI is InChI=1S/C7H14N2O.CH4/c1-6-2-4-9(5-3-6)7(8)10;/h6H,2-5H2,1H3,(H2,8,10);1H4. The molecule has 0 saturated carbocycles. The zero-order valence-corrected chi connectivity index (χ0v) is 6.34. The molecule has 2 amide bonds. The first-order chi connectivity index (χ1) is 4.70. The predicted octanol–water partition coefficient (Wildman–Crippen LogP) is 1.43. The molecule has 0 aromatic heterocycles. The molecule has 0 aliphatic carbocycles. The summed E-state index contributed by atoms with van der Waals surface area (Å²) in [6.45, 7) is 3.89. The van der Waals surface area contributed by atoms with Crippen molar-refractivity contribution in [2.75, 3.05) is 13.1 Å². The first-order valence-electron chi connectivity index (χ1n) is 3.74. The van der Waals surface area contributed by atoms with E-state index in [1.54, 1.807) is 4.90 Å². The minimum atomic E-state index is -0.271. The summed E-state index contributed by atoms with van der Waals surface area (Å²) in [5.74, 6) is 0.760. The summed E-state index contributed by atoms with van der Waals surface area (Å²) in [6, 6.07) is -0.271. The summed E-state index contributed by atoms with van der Waals surface area (Å²) in [7, 11) is 0. The predicted molar refractivity (Wildman–Crippen MR) is 46.3 cm³/mol. The van der Waals surface area contributed by atoms with Crippen molar-refractivity contribution in [2.24, 2.45) is 11.7 Å². The molecule has 0 aromatic rings. The van der Waals surface area contributed by atoms with E-state index in [1.165, 1.54) is 0 Å². The number of rotatable bonds is 0. The van der Waals surface area contributed by atoms with Gasteiger partial charge in [0.25, 0.3) is 0 Å². The topological polar surface area (TPSA) is 46.3 Å². The molecule has 66 valence electrons. The van der Waals surface area contributed by atoms with Crippen molar-refractivity contribution in [1.82, 2.24) is 4.90 Å². The van der Waals surface area contributed by atoms with Crippen LogP contribution in [0.1, 0.15) is 27.2 Å². The summed E-state index contributed by atoms with van der Waals surface area (Å²) >= 11 is 0. The second-order valence-corrected chi connectivity index (χ2v) is 3.01. The van der Waals surface area contributed by atoms with Crippen LogP contribution >= 0.6 is 0 Å². The van der Waals surface area contributed by atoms with Gasteiger partial charge in [-0.1, -0.05) is 14.4 Å². The fraction of sp³-hybridized carbons (Fsp3) is 0.875. The van der Waals surface area contributed by atoms with Crippen LogP contribution in [0.5, 0.6) is 0 Å². The van der Waals surface area contributed by atoms with Crippen LogP contribution in [-0.2, 0) is 0 Å². The maximum Gasteiger partial charge on any atom is 0.314 e. The van der Waals surface area contributed by atoms with Crippen molar-refractivity contribution in [2.45, 2.75) is 27.2 Å². The highest BCUT2D eigenvalue weighted by Gasteiger charge is 2.17. The molecule has 1 fully saturated rings. The number of urea groups is 1. The number of carbonyl (C=O) groups is 1. The van der Waals surface area contributed by atoms with Crippen LogP contribution in [0.2, 0.25) is 0 Å². The average molecular weight is 158 g/mol. The Morgan fingerprint density at radius 3 is 2.27 bits per heavy atom. The molecule has 0 spiro atoms. The van der Waals surface area contributed by atoms with Crippen LogP contribution in [0, 0.1) is 5.92 Å². The molecule has 0 radical (unpaired) electrons. The van der Waals surface area contributed by atoms with Crippen molar-refractivity contribution in [3.63, 3.8) is 0 Å². The molecular formula is C8H18N2O. The van der Waals surface area contributed by atoms with E-state index < -0.39 is 0 Å². The number of hydrogen-bond acceptors (Lipinski definition) is 1. The minimum absolute atomic E-state index is 0. The summed E-state index contributed by atoms with van der Waals surface area (Å²) in [4.78, 5) is 12.3. The zero-order valence-electron chi connectivity index (χ0n) is 6.34. The lowest BCUT2D eigenvalue weighted by molar-refractivity contribution is 0.183. The summed E-state index contributed by atoms with van der Waals surface area (Å²) in [6.07, 6.45) is 2.20. The number of primary amides is 1. The Morgan fingerprint density at radius 1 is 1.45 bits per heavy atom. The second-order valence-electron chi connectivity index (χ2n) is 3.01. The molecule has 3 nitrogen and oxygen atoms in total. The highest BCUT2D eigenvalue weighted by molar-refractivity contribution is 5.72. The van der Waals surface area contributed by atoms with Crippen molar-refractivity contribution < 1.29 is 4.79 Å². The SMILES string of the molecule is C.CC1CCN(C(N)=O)CC1. The third kappa shape index (κ3) is 2.78. The van der Waals surface area contributed by atoms with Crippen LogP contribution in [-0.4, -0.2) is 24.0 Å². The molecule has 1 aliphatic heterocycles. The number of carbonyl (C=O) groups excluding carboxylic acids is 1. The van der Waals surface area contributed by atoms with Gasteiger partial charge in [0.15, 0.2) is 0 Å². The van der Waals surface area contributed by atoms with Crippen molar-refractivity contribution in [3.8, 4) is 0 Å². The molecule has 1 saturated heterocycles. The van der Waals surface area contributed by atoms with Gasteiger partial charge < -0.3 is 10.6 Å². The quantitative estimate of drug-likeness (QED) is 0.569. The fourth-order valence-electron chi connectivity index (χ4n) is 1.23. The Labute approximate surface area is 68.6 Å². The van der Waals surface area contributed by atoms with Gasteiger partial charge in [0.05, 0.1) is 0 Å². The van der Waals surface area contributed by atoms with E-state index in [1.807, 2.05) is 0 Å². The van der Waals surface area contributed by atoms with Gasteiger partial charge >= 0.3 is 6.03 Å². The highest BCUT2D eigenvalue weighted by Crippen LogP contribution is 2.14. The lowest BCUT2D eigenvalue weighted by Crippen LogP contribution is -2.41. The fourth-order valence-corrected chi connectivity index (χ4v) is 1.23. The average Bonchev–Trinajstić information content (AvgIpc) is 1.88. The molecule has 0 aromatic carbocycles. The maximum atomic E-state index is 10.6. The lowest BCUT2D eigenvalue weighted by Gasteiger charge is -2.28.